The molecule has 1 atom stereocenters. The van der Waals surface area contributed by atoms with Gasteiger partial charge < -0.3 is 5.32 Å². The summed E-state index contributed by atoms with van der Waals surface area (Å²) < 4.78 is 25.8. The van der Waals surface area contributed by atoms with Gasteiger partial charge in [0.05, 0.1) is 57.0 Å². The summed E-state index contributed by atoms with van der Waals surface area (Å²) in [6.07, 6.45) is 2.18. The van der Waals surface area contributed by atoms with Crippen molar-refractivity contribution in [3.8, 4) is 10.6 Å². The lowest BCUT2D eigenvalue weighted by Crippen LogP contribution is -2.24. The summed E-state index contributed by atoms with van der Waals surface area (Å²) in [6, 6.07) is 10.9. The molecule has 4 aromatic rings. The molecular weight excluding hydrogens is 446 g/mol. The molecule has 1 aliphatic heterocycles. The molecule has 5 rings (SSSR count). The zero-order valence-electron chi connectivity index (χ0n) is 17.4. The van der Waals surface area contributed by atoms with E-state index in [-0.39, 0.29) is 23.5 Å². The molecule has 0 aliphatic carbocycles. The van der Waals surface area contributed by atoms with Gasteiger partial charge in [-0.1, -0.05) is 12.1 Å². The Labute approximate surface area is 189 Å². The second kappa shape index (κ2) is 8.10. The van der Waals surface area contributed by atoms with E-state index >= 15 is 0 Å². The van der Waals surface area contributed by atoms with Gasteiger partial charge in [0.25, 0.3) is 5.91 Å². The van der Waals surface area contributed by atoms with Crippen LogP contribution in [0.4, 0.5) is 0 Å². The molecule has 1 amide bonds. The zero-order valence-corrected chi connectivity index (χ0v) is 19.0. The summed E-state index contributed by atoms with van der Waals surface area (Å²) >= 11 is 1.53. The van der Waals surface area contributed by atoms with Crippen LogP contribution in [0.1, 0.15) is 34.2 Å². The number of pyridine rings is 2. The van der Waals surface area contributed by atoms with Crippen molar-refractivity contribution >= 4 is 38.1 Å². The molecule has 4 aromatic heterocycles. The minimum absolute atomic E-state index is 0.0370. The van der Waals surface area contributed by atoms with E-state index in [0.29, 0.717) is 41.0 Å². The van der Waals surface area contributed by atoms with Gasteiger partial charge in [-0.3, -0.25) is 9.78 Å². The molecule has 10 heteroatoms. The first-order valence-electron chi connectivity index (χ1n) is 10.2. The maximum absolute atomic E-state index is 13.2. The van der Waals surface area contributed by atoms with Crippen molar-refractivity contribution in [1.29, 1.82) is 0 Å². The maximum Gasteiger partial charge on any atom is 0.252 e. The number of thiophene rings is 1. The first kappa shape index (κ1) is 20.8. The average Bonchev–Trinajstić information content (AvgIpc) is 3.51. The number of carbonyl (C=O) groups excluding carboxylic acids is 1. The van der Waals surface area contributed by atoms with Crippen molar-refractivity contribution < 1.29 is 13.2 Å². The van der Waals surface area contributed by atoms with E-state index in [9.17, 15) is 13.2 Å². The van der Waals surface area contributed by atoms with E-state index in [0.717, 1.165) is 10.6 Å². The second-order valence-corrected chi connectivity index (χ2v) is 11.0. The smallest absolute Gasteiger partial charge is 0.252 e. The van der Waals surface area contributed by atoms with Crippen molar-refractivity contribution in [2.45, 2.75) is 25.9 Å². The Kier molecular flexibility index (Phi) is 5.26. The Balaban J connectivity index is 1.60. The molecule has 8 nitrogen and oxygen atoms in total. The standard InChI is InChI=1S/C22H21N5O3S2/c1-14-20-17(22(28)24-12-15-5-2-3-8-23-15)11-18(19-6-4-9-31-19)25-21(20)27(26-14)16-7-10-32(29,30)13-16/h2-6,8-9,11,16H,7,10,12-13H2,1H3,(H,24,28)/t16-/m1/s1. The highest BCUT2D eigenvalue weighted by Gasteiger charge is 2.32. The molecule has 1 aliphatic rings. The molecule has 0 radical (unpaired) electrons. The highest BCUT2D eigenvalue weighted by molar-refractivity contribution is 7.91. The van der Waals surface area contributed by atoms with E-state index in [1.54, 1.807) is 16.9 Å². The maximum atomic E-state index is 13.2. The SMILES string of the molecule is Cc1nn([C@@H]2CCS(=O)(=O)C2)c2nc(-c3cccs3)cc(C(=O)NCc3ccccn3)c12. The van der Waals surface area contributed by atoms with Crippen molar-refractivity contribution in [3.63, 3.8) is 0 Å². The van der Waals surface area contributed by atoms with Crippen LogP contribution in [0.2, 0.25) is 0 Å². The Morgan fingerprint density at radius 1 is 1.28 bits per heavy atom. The lowest BCUT2D eigenvalue weighted by molar-refractivity contribution is 0.0952. The van der Waals surface area contributed by atoms with Crippen LogP contribution in [0.15, 0.2) is 48.0 Å². The van der Waals surface area contributed by atoms with E-state index in [4.69, 9.17) is 4.98 Å². The average molecular weight is 468 g/mol. The van der Waals surface area contributed by atoms with Gasteiger partial charge >= 0.3 is 0 Å². The number of carbonyl (C=O) groups is 1. The molecule has 32 heavy (non-hydrogen) atoms. The second-order valence-electron chi connectivity index (χ2n) is 7.82. The number of aromatic nitrogens is 4. The van der Waals surface area contributed by atoms with Crippen LogP contribution in [0, 0.1) is 6.92 Å². The van der Waals surface area contributed by atoms with Gasteiger partial charge in [-0.05, 0) is 43.0 Å². The molecule has 0 bridgehead atoms. The van der Waals surface area contributed by atoms with E-state index in [1.165, 1.54) is 11.3 Å². The van der Waals surface area contributed by atoms with Crippen molar-refractivity contribution in [2.75, 3.05) is 11.5 Å². The quantitative estimate of drug-likeness (QED) is 0.483. The van der Waals surface area contributed by atoms with Crippen LogP contribution >= 0.6 is 11.3 Å². The Morgan fingerprint density at radius 2 is 2.16 bits per heavy atom. The van der Waals surface area contributed by atoms with Gasteiger partial charge in [0.1, 0.15) is 0 Å². The number of hydrogen-bond donors (Lipinski definition) is 1. The van der Waals surface area contributed by atoms with Crippen LogP contribution in [0.5, 0.6) is 0 Å². The van der Waals surface area contributed by atoms with Gasteiger partial charge in [0.15, 0.2) is 15.5 Å². The summed E-state index contributed by atoms with van der Waals surface area (Å²) in [5.41, 5.74) is 3.08. The fraction of sp³-hybridized carbons (Fsp3) is 0.273. The first-order chi connectivity index (χ1) is 15.4. The first-order valence-corrected chi connectivity index (χ1v) is 12.9. The molecule has 0 aromatic carbocycles. The van der Waals surface area contributed by atoms with Crippen LogP contribution in [0.25, 0.3) is 21.6 Å². The fourth-order valence-electron chi connectivity index (χ4n) is 4.03. The number of amides is 1. The number of fused-ring (bicyclic) bond motifs is 1. The minimum Gasteiger partial charge on any atom is -0.346 e. The molecule has 1 fully saturated rings. The predicted octanol–water partition coefficient (Wildman–Crippen LogP) is 3.15. The molecule has 1 saturated heterocycles. The van der Waals surface area contributed by atoms with E-state index in [1.807, 2.05) is 42.6 Å². The van der Waals surface area contributed by atoms with E-state index < -0.39 is 9.84 Å². The third-order valence-electron chi connectivity index (χ3n) is 5.57. The topological polar surface area (TPSA) is 107 Å². The van der Waals surface area contributed by atoms with Crippen molar-refractivity contribution in [1.82, 2.24) is 25.1 Å². The Bertz CT molecular complexity index is 1400. The van der Waals surface area contributed by atoms with E-state index in [2.05, 4.69) is 15.4 Å². The summed E-state index contributed by atoms with van der Waals surface area (Å²) in [4.78, 5) is 23.2. The molecule has 5 heterocycles. The van der Waals surface area contributed by atoms with Crippen LogP contribution in [0.3, 0.4) is 0 Å². The lowest BCUT2D eigenvalue weighted by Gasteiger charge is -2.12. The molecular formula is C22H21N5O3S2. The fourth-order valence-corrected chi connectivity index (χ4v) is 6.41. The molecule has 1 N–H and O–H groups in total. The number of hydrogen-bond acceptors (Lipinski definition) is 7. The van der Waals surface area contributed by atoms with Crippen LogP contribution < -0.4 is 5.32 Å². The van der Waals surface area contributed by atoms with Crippen LogP contribution in [-0.2, 0) is 16.4 Å². The van der Waals surface area contributed by atoms with Gasteiger partial charge in [-0.25, -0.2) is 18.1 Å². The summed E-state index contributed by atoms with van der Waals surface area (Å²) in [5.74, 6) is -0.0716. The predicted molar refractivity (Wildman–Crippen MR) is 123 cm³/mol. The highest BCUT2D eigenvalue weighted by Crippen LogP contribution is 2.33. The number of nitrogens with zero attached hydrogens (tertiary/aromatic N) is 4. The molecule has 0 spiro atoms. The van der Waals surface area contributed by atoms with Crippen molar-refractivity contribution in [3.05, 3.63) is 64.9 Å². The number of aryl methyl sites for hydroxylation is 1. The third-order valence-corrected chi connectivity index (χ3v) is 8.21. The monoisotopic (exact) mass is 467 g/mol. The van der Waals surface area contributed by atoms with Gasteiger partial charge in [-0.2, -0.15) is 5.10 Å². The molecule has 0 saturated carbocycles. The third kappa shape index (κ3) is 3.91. The Hall–Kier alpha value is -3.11. The number of nitrogens with one attached hydrogen (secondary N) is 1. The summed E-state index contributed by atoms with van der Waals surface area (Å²) in [5, 5.41) is 10.2. The number of sulfone groups is 1. The highest BCUT2D eigenvalue weighted by atomic mass is 32.2. The zero-order chi connectivity index (χ0) is 22.3. The minimum atomic E-state index is -3.09. The molecule has 0 unspecified atom stereocenters. The van der Waals surface area contributed by atoms with Gasteiger partial charge in [0.2, 0.25) is 0 Å². The lowest BCUT2D eigenvalue weighted by atomic mass is 10.1. The van der Waals surface area contributed by atoms with Crippen LogP contribution in [-0.4, -0.2) is 45.6 Å². The van der Waals surface area contributed by atoms with Crippen molar-refractivity contribution in [2.24, 2.45) is 0 Å². The summed E-state index contributed by atoms with van der Waals surface area (Å²) in [7, 11) is -3.09. The normalized spacial score (nSPS) is 17.6. The largest absolute Gasteiger partial charge is 0.346 e. The number of rotatable bonds is 5. The summed E-state index contributed by atoms with van der Waals surface area (Å²) in [6.45, 7) is 2.12. The molecule has 164 valence electrons. The Morgan fingerprint density at radius 3 is 2.84 bits per heavy atom. The van der Waals surface area contributed by atoms with Gasteiger partial charge in [0, 0.05) is 6.20 Å². The van der Waals surface area contributed by atoms with Gasteiger partial charge in [-0.15, -0.1) is 11.3 Å².